The molecule has 0 amide bonds. The Bertz CT molecular complexity index is 59.5. The Labute approximate surface area is 54.0 Å². The molecule has 0 radical (unpaired) electrons. The molecule has 8 heavy (non-hydrogen) atoms. The van der Waals surface area contributed by atoms with E-state index in [4.69, 9.17) is 0 Å². The van der Waals surface area contributed by atoms with Crippen LogP contribution in [0.15, 0.2) is 0 Å². The summed E-state index contributed by atoms with van der Waals surface area (Å²) >= 11 is 0. The summed E-state index contributed by atoms with van der Waals surface area (Å²) in [5, 5.41) is 0. The lowest BCUT2D eigenvalue weighted by atomic mass is 10.4. The van der Waals surface area contributed by atoms with Gasteiger partial charge in [0.2, 0.25) is 0 Å². The molecule has 0 aromatic heterocycles. The van der Waals surface area contributed by atoms with Crippen LogP contribution in [-0.2, 0) is 0 Å². The van der Waals surface area contributed by atoms with Crippen molar-refractivity contribution < 1.29 is 0 Å². The molecule has 1 aliphatic rings. The second-order valence-corrected chi connectivity index (χ2v) is 4.60. The Morgan fingerprint density at radius 3 is 3.00 bits per heavy atom. The summed E-state index contributed by atoms with van der Waals surface area (Å²) in [5.74, 6) is 0. The topological polar surface area (TPSA) is 3.24 Å². The van der Waals surface area contributed by atoms with Crippen LogP contribution >= 0.6 is 0 Å². The Morgan fingerprint density at radius 1 is 1.62 bits per heavy atom. The van der Waals surface area contributed by atoms with E-state index in [1.807, 2.05) is 0 Å². The van der Waals surface area contributed by atoms with Gasteiger partial charge >= 0.3 is 0 Å². The van der Waals surface area contributed by atoms with Gasteiger partial charge in [0.15, 0.2) is 0 Å². The van der Waals surface area contributed by atoms with Crippen molar-refractivity contribution in [2.75, 3.05) is 13.1 Å². The molecular formula is C6H15NSi. The summed E-state index contributed by atoms with van der Waals surface area (Å²) in [5.41, 5.74) is 0. The Morgan fingerprint density at radius 2 is 2.50 bits per heavy atom. The van der Waals surface area contributed by atoms with E-state index in [0.717, 1.165) is 0 Å². The van der Waals surface area contributed by atoms with Gasteiger partial charge in [0.1, 0.15) is 0 Å². The molecule has 0 atom stereocenters. The highest BCUT2D eigenvalue weighted by atomic mass is 28.2. The zero-order valence-electron chi connectivity index (χ0n) is 5.69. The molecule has 0 N–H and O–H groups in total. The molecule has 1 nitrogen and oxygen atoms in total. The summed E-state index contributed by atoms with van der Waals surface area (Å²) in [6, 6.07) is 1.57. The highest BCUT2D eigenvalue weighted by Gasteiger charge is 2.09. The largest absolute Gasteiger partial charge is 0.329 e. The standard InChI is InChI=1S/C6H15NSi/c1-2-4-7-5-3-6-8-7/h2-6,8H2,1H3. The predicted molar refractivity (Wildman–Crippen MR) is 39.8 cm³/mol. The van der Waals surface area contributed by atoms with Crippen molar-refractivity contribution in [1.29, 1.82) is 0 Å². The Hall–Kier alpha value is 0.177. The average molecular weight is 129 g/mol. The van der Waals surface area contributed by atoms with Crippen LogP contribution < -0.4 is 0 Å². The number of nitrogens with zero attached hydrogens (tertiary/aromatic N) is 1. The third-order valence-corrected chi connectivity index (χ3v) is 3.82. The third kappa shape index (κ3) is 1.60. The second kappa shape index (κ2) is 3.25. The van der Waals surface area contributed by atoms with E-state index < -0.39 is 0 Å². The van der Waals surface area contributed by atoms with Crippen molar-refractivity contribution in [3.05, 3.63) is 0 Å². The van der Waals surface area contributed by atoms with Crippen molar-refractivity contribution in [3.8, 4) is 0 Å². The van der Waals surface area contributed by atoms with Crippen LogP contribution in [-0.4, -0.2) is 27.3 Å². The van der Waals surface area contributed by atoms with Crippen LogP contribution in [0.5, 0.6) is 0 Å². The van der Waals surface area contributed by atoms with Gasteiger partial charge in [-0.3, -0.25) is 0 Å². The molecule has 0 aliphatic carbocycles. The van der Waals surface area contributed by atoms with Gasteiger partial charge in [0.25, 0.3) is 0 Å². The monoisotopic (exact) mass is 129 g/mol. The highest BCUT2D eigenvalue weighted by molar-refractivity contribution is 6.32. The number of hydrogen-bond acceptors (Lipinski definition) is 1. The molecule has 1 fully saturated rings. The van der Waals surface area contributed by atoms with E-state index >= 15 is 0 Å². The average Bonchev–Trinajstić information content (AvgIpc) is 2.19. The number of rotatable bonds is 2. The van der Waals surface area contributed by atoms with Crippen molar-refractivity contribution in [2.24, 2.45) is 0 Å². The highest BCUT2D eigenvalue weighted by Crippen LogP contribution is 2.05. The molecule has 1 heterocycles. The van der Waals surface area contributed by atoms with Gasteiger partial charge in [-0.15, -0.1) is 0 Å². The van der Waals surface area contributed by atoms with E-state index in [-0.39, 0.29) is 9.68 Å². The van der Waals surface area contributed by atoms with Crippen LogP contribution in [0, 0.1) is 0 Å². The molecule has 2 heteroatoms. The van der Waals surface area contributed by atoms with Crippen molar-refractivity contribution >= 4 is 9.68 Å². The van der Waals surface area contributed by atoms with Gasteiger partial charge in [-0.25, -0.2) is 0 Å². The fourth-order valence-electron chi connectivity index (χ4n) is 1.32. The number of hydrogen-bond donors (Lipinski definition) is 0. The fraction of sp³-hybridized carbons (Fsp3) is 1.00. The normalized spacial score (nSPS) is 25.1. The van der Waals surface area contributed by atoms with E-state index in [0.29, 0.717) is 0 Å². The third-order valence-electron chi connectivity index (χ3n) is 1.74. The zero-order chi connectivity index (χ0) is 5.82. The lowest BCUT2D eigenvalue weighted by Gasteiger charge is -2.11. The minimum absolute atomic E-state index is 0.280. The first-order chi connectivity index (χ1) is 3.93. The van der Waals surface area contributed by atoms with Crippen molar-refractivity contribution in [3.63, 3.8) is 0 Å². The summed E-state index contributed by atoms with van der Waals surface area (Å²) in [7, 11) is 0.280. The summed E-state index contributed by atoms with van der Waals surface area (Å²) in [6.07, 6.45) is 2.85. The summed E-state index contributed by atoms with van der Waals surface area (Å²) < 4.78 is 2.68. The quantitative estimate of drug-likeness (QED) is 0.494. The van der Waals surface area contributed by atoms with Gasteiger partial charge in [0.05, 0.1) is 9.68 Å². The molecule has 1 aliphatic heterocycles. The molecular weight excluding hydrogens is 114 g/mol. The van der Waals surface area contributed by atoms with Crippen LogP contribution in [0.25, 0.3) is 0 Å². The lowest BCUT2D eigenvalue weighted by molar-refractivity contribution is 0.473. The SMILES string of the molecule is CCCN1CCC[SiH2]1. The van der Waals surface area contributed by atoms with Crippen molar-refractivity contribution in [2.45, 2.75) is 25.8 Å². The van der Waals surface area contributed by atoms with E-state index in [2.05, 4.69) is 11.5 Å². The van der Waals surface area contributed by atoms with E-state index in [1.165, 1.54) is 25.9 Å². The molecule has 0 bridgehead atoms. The minimum Gasteiger partial charge on any atom is -0.329 e. The first-order valence-electron chi connectivity index (χ1n) is 3.66. The maximum atomic E-state index is 2.68. The van der Waals surface area contributed by atoms with Crippen LogP contribution in [0.4, 0.5) is 0 Å². The van der Waals surface area contributed by atoms with Gasteiger partial charge in [-0.05, 0) is 32.0 Å². The Kier molecular flexibility index (Phi) is 2.56. The van der Waals surface area contributed by atoms with Crippen LogP contribution in [0.1, 0.15) is 19.8 Å². The van der Waals surface area contributed by atoms with Gasteiger partial charge in [-0.1, -0.05) is 6.92 Å². The maximum absolute atomic E-state index is 2.68. The molecule has 0 unspecified atom stereocenters. The predicted octanol–water partition coefficient (Wildman–Crippen LogP) is 0.604. The zero-order valence-corrected chi connectivity index (χ0v) is 7.10. The molecule has 0 aromatic carbocycles. The minimum atomic E-state index is 0.280. The molecule has 48 valence electrons. The fourth-order valence-corrected chi connectivity index (χ4v) is 3.20. The van der Waals surface area contributed by atoms with Crippen LogP contribution in [0.3, 0.4) is 0 Å². The van der Waals surface area contributed by atoms with E-state index in [1.54, 1.807) is 6.04 Å². The van der Waals surface area contributed by atoms with Gasteiger partial charge in [0, 0.05) is 0 Å². The Balaban J connectivity index is 2.06. The maximum Gasteiger partial charge on any atom is 0.0950 e. The first-order valence-corrected chi connectivity index (χ1v) is 5.29. The molecule has 1 saturated heterocycles. The molecule has 0 saturated carbocycles. The van der Waals surface area contributed by atoms with E-state index in [9.17, 15) is 0 Å². The van der Waals surface area contributed by atoms with Gasteiger partial charge < -0.3 is 4.57 Å². The first kappa shape index (κ1) is 6.30. The van der Waals surface area contributed by atoms with Crippen molar-refractivity contribution in [1.82, 2.24) is 4.57 Å². The lowest BCUT2D eigenvalue weighted by Crippen LogP contribution is -2.22. The van der Waals surface area contributed by atoms with Crippen LogP contribution in [0.2, 0.25) is 6.04 Å². The second-order valence-electron chi connectivity index (χ2n) is 2.55. The summed E-state index contributed by atoms with van der Waals surface area (Å²) in [4.78, 5) is 0. The van der Waals surface area contributed by atoms with Gasteiger partial charge in [-0.2, -0.15) is 0 Å². The molecule has 0 aromatic rings. The molecule has 1 rings (SSSR count). The molecule has 0 spiro atoms. The smallest absolute Gasteiger partial charge is 0.0950 e. The summed E-state index contributed by atoms with van der Waals surface area (Å²) in [6.45, 7) is 5.07.